The second kappa shape index (κ2) is 5.94. The summed E-state index contributed by atoms with van der Waals surface area (Å²) in [6.45, 7) is 1.67. The van der Waals surface area contributed by atoms with Crippen molar-refractivity contribution in [2.24, 2.45) is 17.8 Å². The minimum absolute atomic E-state index is 0.0226. The molecule has 4 aliphatic carbocycles. The van der Waals surface area contributed by atoms with Crippen molar-refractivity contribution >= 4 is 19.4 Å². The van der Waals surface area contributed by atoms with Crippen LogP contribution in [0.25, 0.3) is 0 Å². The Morgan fingerprint density at radius 1 is 1.18 bits per heavy atom. The number of rotatable bonds is 4. The molecule has 28 heavy (non-hydrogen) atoms. The zero-order valence-electron chi connectivity index (χ0n) is 15.7. The van der Waals surface area contributed by atoms with Gasteiger partial charge in [-0.15, -0.1) is 11.6 Å². The standard InChI is InChI=1S/C19H24ClO7P/c1-11-3-4-13(7-16(11)25-28(21,22)23)19(24-2)18(26-27-19)14-5-12-6-15(18)10-17(20,8-12)9-14/h3-4,7,12,14-15H,5-6,8-10H2,1-2H3,(H2,21,22,23)/p-2. The van der Waals surface area contributed by atoms with Crippen molar-refractivity contribution in [3.63, 3.8) is 0 Å². The van der Waals surface area contributed by atoms with E-state index in [4.69, 9.17) is 26.1 Å². The Kier molecular flexibility index (Phi) is 4.10. The zero-order valence-corrected chi connectivity index (χ0v) is 17.3. The highest BCUT2D eigenvalue weighted by atomic mass is 35.5. The van der Waals surface area contributed by atoms with Gasteiger partial charge >= 0.3 is 0 Å². The minimum Gasteiger partial charge on any atom is -0.780 e. The maximum Gasteiger partial charge on any atom is 0.260 e. The quantitative estimate of drug-likeness (QED) is 0.412. The minimum atomic E-state index is -5.19. The summed E-state index contributed by atoms with van der Waals surface area (Å²) in [5, 5.41) is 0. The normalized spacial score (nSPS) is 44.0. The van der Waals surface area contributed by atoms with Gasteiger partial charge in [-0.2, -0.15) is 4.89 Å². The fourth-order valence-electron chi connectivity index (χ4n) is 6.37. The molecule has 4 bridgehead atoms. The lowest BCUT2D eigenvalue weighted by atomic mass is 9.46. The van der Waals surface area contributed by atoms with Gasteiger partial charge in [-0.3, -0.25) is 0 Å². The van der Waals surface area contributed by atoms with Crippen LogP contribution in [0.5, 0.6) is 5.75 Å². The summed E-state index contributed by atoms with van der Waals surface area (Å²) < 4.78 is 21.7. The van der Waals surface area contributed by atoms with Gasteiger partial charge in [0.2, 0.25) is 0 Å². The Balaban J connectivity index is 1.58. The summed E-state index contributed by atoms with van der Waals surface area (Å²) in [5.41, 5.74) is 0.426. The number of phosphoric acid groups is 1. The maximum absolute atomic E-state index is 11.1. The van der Waals surface area contributed by atoms with E-state index in [0.29, 0.717) is 17.0 Å². The molecule has 3 atom stereocenters. The highest BCUT2D eigenvalue weighted by Gasteiger charge is 2.78. The Bertz CT molecular complexity index is 850. The van der Waals surface area contributed by atoms with Gasteiger partial charge < -0.3 is 23.6 Å². The van der Waals surface area contributed by atoms with Gasteiger partial charge in [0.1, 0.15) is 13.6 Å². The molecule has 0 aromatic heterocycles. The van der Waals surface area contributed by atoms with E-state index < -0.39 is 19.2 Å². The maximum atomic E-state index is 11.1. The number of aryl methyl sites for hydroxylation is 1. The molecule has 0 N–H and O–H groups in total. The third-order valence-corrected chi connectivity index (χ3v) is 8.09. The highest BCUT2D eigenvalue weighted by Crippen LogP contribution is 2.71. The summed E-state index contributed by atoms with van der Waals surface area (Å²) in [6.07, 6.45) is 4.72. The number of ether oxygens (including phenoxy) is 1. The first-order valence-electron chi connectivity index (χ1n) is 9.54. The van der Waals surface area contributed by atoms with Crippen LogP contribution in [-0.4, -0.2) is 17.6 Å². The first-order valence-corrected chi connectivity index (χ1v) is 11.4. The third-order valence-electron chi connectivity index (χ3n) is 7.20. The molecule has 7 nitrogen and oxygen atoms in total. The van der Waals surface area contributed by atoms with Crippen LogP contribution in [0, 0.1) is 24.7 Å². The smallest absolute Gasteiger partial charge is 0.260 e. The molecule has 1 aromatic rings. The molecule has 9 heteroatoms. The lowest BCUT2D eigenvalue weighted by Gasteiger charge is -2.70. The van der Waals surface area contributed by atoms with Crippen LogP contribution in [0.2, 0.25) is 0 Å². The average molecular weight is 429 g/mol. The number of halogens is 1. The number of phosphoric ester groups is 1. The van der Waals surface area contributed by atoms with Crippen molar-refractivity contribution in [3.8, 4) is 5.75 Å². The fourth-order valence-corrected chi connectivity index (χ4v) is 7.40. The number of hydrogen-bond donors (Lipinski definition) is 0. The molecule has 4 saturated carbocycles. The molecule has 1 spiro atoms. The average Bonchev–Trinajstić information content (AvgIpc) is 2.54. The van der Waals surface area contributed by atoms with Crippen molar-refractivity contribution in [1.29, 1.82) is 0 Å². The lowest BCUT2D eigenvalue weighted by Crippen LogP contribution is -2.78. The van der Waals surface area contributed by atoms with Crippen LogP contribution >= 0.6 is 19.4 Å². The van der Waals surface area contributed by atoms with Crippen LogP contribution in [-0.2, 0) is 24.9 Å². The topological polar surface area (TPSA) is 100 Å². The van der Waals surface area contributed by atoms with E-state index in [9.17, 15) is 14.4 Å². The summed E-state index contributed by atoms with van der Waals surface area (Å²) >= 11 is 6.88. The Labute approximate surface area is 168 Å². The third kappa shape index (κ3) is 2.51. The zero-order chi connectivity index (χ0) is 19.9. The van der Waals surface area contributed by atoms with E-state index in [1.807, 2.05) is 0 Å². The molecule has 0 amide bonds. The number of alkyl halides is 1. The van der Waals surface area contributed by atoms with Crippen molar-refractivity contribution in [2.45, 2.75) is 55.3 Å². The van der Waals surface area contributed by atoms with Crippen molar-refractivity contribution < 1.29 is 33.4 Å². The predicted octanol–water partition coefficient (Wildman–Crippen LogP) is 2.52. The summed E-state index contributed by atoms with van der Waals surface area (Å²) in [5.74, 6) is -0.264. The van der Waals surface area contributed by atoms with E-state index in [1.165, 1.54) is 6.07 Å². The first kappa shape index (κ1) is 19.3. The molecular weight excluding hydrogens is 407 g/mol. The number of hydrogen-bond acceptors (Lipinski definition) is 7. The van der Waals surface area contributed by atoms with E-state index in [1.54, 1.807) is 26.2 Å². The van der Waals surface area contributed by atoms with Crippen LogP contribution < -0.4 is 14.3 Å². The van der Waals surface area contributed by atoms with Crippen LogP contribution in [0.3, 0.4) is 0 Å². The molecule has 1 aromatic carbocycles. The summed E-state index contributed by atoms with van der Waals surface area (Å²) in [7, 11) is -3.63. The van der Waals surface area contributed by atoms with Gasteiger partial charge in [-0.05, 0) is 68.4 Å². The molecule has 1 heterocycles. The van der Waals surface area contributed by atoms with Crippen LogP contribution in [0.1, 0.15) is 43.2 Å². The molecule has 1 aliphatic heterocycles. The molecular formula is C19H22ClO7P-2. The van der Waals surface area contributed by atoms with Crippen LogP contribution in [0.4, 0.5) is 0 Å². The van der Waals surface area contributed by atoms with Gasteiger partial charge in [-0.25, -0.2) is 4.89 Å². The summed E-state index contributed by atoms with van der Waals surface area (Å²) in [4.78, 5) is 33.6. The molecule has 3 unspecified atom stereocenters. The second-order valence-corrected chi connectivity index (χ2v) is 10.7. The Morgan fingerprint density at radius 2 is 1.86 bits per heavy atom. The Morgan fingerprint density at radius 3 is 2.36 bits per heavy atom. The van der Waals surface area contributed by atoms with E-state index in [0.717, 1.165) is 32.1 Å². The molecule has 5 aliphatic rings. The molecule has 1 saturated heterocycles. The van der Waals surface area contributed by atoms with Gasteiger partial charge in [0.25, 0.3) is 5.79 Å². The predicted molar refractivity (Wildman–Crippen MR) is 95.1 cm³/mol. The van der Waals surface area contributed by atoms with Gasteiger partial charge in [0, 0.05) is 17.5 Å². The van der Waals surface area contributed by atoms with Gasteiger partial charge in [0.15, 0.2) is 5.60 Å². The van der Waals surface area contributed by atoms with Crippen molar-refractivity contribution in [3.05, 3.63) is 29.3 Å². The van der Waals surface area contributed by atoms with Crippen molar-refractivity contribution in [1.82, 2.24) is 0 Å². The van der Waals surface area contributed by atoms with E-state index in [2.05, 4.69) is 4.52 Å². The Hall–Kier alpha value is -0.660. The second-order valence-electron chi connectivity index (χ2n) is 8.79. The van der Waals surface area contributed by atoms with Gasteiger partial charge in [0.05, 0.1) is 0 Å². The van der Waals surface area contributed by atoms with Crippen molar-refractivity contribution in [2.75, 3.05) is 7.11 Å². The molecule has 6 rings (SSSR count). The fraction of sp³-hybridized carbons (Fsp3) is 0.684. The molecule has 0 radical (unpaired) electrons. The van der Waals surface area contributed by atoms with Gasteiger partial charge in [-0.1, -0.05) is 12.1 Å². The number of benzene rings is 1. The lowest BCUT2D eigenvalue weighted by molar-refractivity contribution is -0.645. The first-order chi connectivity index (χ1) is 13.1. The number of methoxy groups -OCH3 is 1. The molecule has 154 valence electrons. The van der Waals surface area contributed by atoms with E-state index >= 15 is 0 Å². The monoisotopic (exact) mass is 428 g/mol. The largest absolute Gasteiger partial charge is 0.780 e. The SMILES string of the molecule is COC1(c2ccc(C)c(OP(=O)([O-])[O-])c2)OOC12C1CC3CC2CC(Cl)(C3)C1. The van der Waals surface area contributed by atoms with Crippen LogP contribution in [0.15, 0.2) is 18.2 Å². The molecule has 5 fully saturated rings. The highest BCUT2D eigenvalue weighted by molar-refractivity contribution is 7.43. The summed E-state index contributed by atoms with van der Waals surface area (Å²) in [6, 6.07) is 5.00. The van der Waals surface area contributed by atoms with E-state index in [-0.39, 0.29) is 22.5 Å².